The number of aromatic nitrogens is 5. The third-order valence-electron chi connectivity index (χ3n) is 4.09. The van der Waals surface area contributed by atoms with Crippen LogP contribution in [-0.4, -0.2) is 36.2 Å². The molecule has 0 saturated heterocycles. The highest BCUT2D eigenvalue weighted by molar-refractivity contribution is 7.71. The van der Waals surface area contributed by atoms with E-state index in [1.807, 2.05) is 0 Å². The van der Waals surface area contributed by atoms with E-state index in [1.54, 1.807) is 18.3 Å². The summed E-state index contributed by atoms with van der Waals surface area (Å²) in [5.41, 5.74) is 3.79. The first-order valence-corrected chi connectivity index (χ1v) is 8.07. The highest BCUT2D eigenvalue weighted by Gasteiger charge is 2.23. The lowest BCUT2D eigenvalue weighted by Gasteiger charge is -2.00. The molecule has 0 amide bonds. The first-order valence-electron chi connectivity index (χ1n) is 7.66. The summed E-state index contributed by atoms with van der Waals surface area (Å²) in [5, 5.41) is 29.4. The largest absolute Gasteiger partial charge is 0.282 e. The standard InChI is InChI=1S/C15H13N7O2S/c23-22(24)10-6-4-9(5-7-10)8-16-21-14(19-20-15(21)25)13-11-2-1-3-12(11)17-18-13/h4-8H,1-3H2,(H,17,18)(H,20,25). The van der Waals surface area contributed by atoms with E-state index >= 15 is 0 Å². The molecule has 0 unspecified atom stereocenters. The van der Waals surface area contributed by atoms with Crippen molar-refractivity contribution >= 4 is 24.1 Å². The predicted octanol–water partition coefficient (Wildman–Crippen LogP) is 2.61. The number of rotatable bonds is 4. The number of H-pyrrole nitrogens is 2. The van der Waals surface area contributed by atoms with E-state index in [9.17, 15) is 10.1 Å². The Hall–Kier alpha value is -3.14. The fourth-order valence-corrected chi connectivity index (χ4v) is 3.04. The third kappa shape index (κ3) is 2.76. The van der Waals surface area contributed by atoms with Crippen molar-refractivity contribution in [3.8, 4) is 11.5 Å². The molecular weight excluding hydrogens is 342 g/mol. The molecule has 1 aliphatic rings. The summed E-state index contributed by atoms with van der Waals surface area (Å²) in [6.07, 6.45) is 4.60. The maximum Gasteiger partial charge on any atom is 0.269 e. The van der Waals surface area contributed by atoms with Gasteiger partial charge in [0.15, 0.2) is 0 Å². The number of nitrogens with one attached hydrogen (secondary N) is 2. The van der Waals surface area contributed by atoms with E-state index in [0.717, 1.165) is 36.2 Å². The number of non-ortho nitro benzene ring substituents is 1. The minimum atomic E-state index is -0.441. The quantitative estimate of drug-likeness (QED) is 0.323. The fraction of sp³-hybridized carbons (Fsp3) is 0.200. The Bertz CT molecular complexity index is 1030. The Morgan fingerprint density at radius 1 is 1.24 bits per heavy atom. The van der Waals surface area contributed by atoms with Crippen molar-refractivity contribution in [2.24, 2.45) is 5.10 Å². The zero-order valence-electron chi connectivity index (χ0n) is 13.0. The minimum Gasteiger partial charge on any atom is -0.282 e. The normalized spacial score (nSPS) is 13.4. The molecule has 2 heterocycles. The van der Waals surface area contributed by atoms with Gasteiger partial charge in [-0.25, -0.2) is 5.10 Å². The molecule has 0 fully saturated rings. The Labute approximate surface area is 146 Å². The van der Waals surface area contributed by atoms with Crippen molar-refractivity contribution in [2.75, 3.05) is 0 Å². The van der Waals surface area contributed by atoms with Gasteiger partial charge >= 0.3 is 0 Å². The van der Waals surface area contributed by atoms with Gasteiger partial charge in [0.1, 0.15) is 5.69 Å². The second kappa shape index (κ2) is 6.06. The average molecular weight is 355 g/mol. The van der Waals surface area contributed by atoms with E-state index in [0.29, 0.717) is 16.2 Å². The lowest BCUT2D eigenvalue weighted by atomic mass is 10.2. The van der Waals surface area contributed by atoms with Gasteiger partial charge in [-0.1, -0.05) is 0 Å². The number of fused-ring (bicyclic) bond motifs is 1. The summed E-state index contributed by atoms with van der Waals surface area (Å²) >= 11 is 5.25. The summed E-state index contributed by atoms with van der Waals surface area (Å²) in [5.74, 6) is 0.544. The van der Waals surface area contributed by atoms with Crippen molar-refractivity contribution in [3.63, 3.8) is 0 Å². The van der Waals surface area contributed by atoms with Crippen LogP contribution in [-0.2, 0) is 12.8 Å². The summed E-state index contributed by atoms with van der Waals surface area (Å²) < 4.78 is 1.86. The van der Waals surface area contributed by atoms with Crippen LogP contribution >= 0.6 is 12.2 Å². The summed E-state index contributed by atoms with van der Waals surface area (Å²) in [6.45, 7) is 0. The molecule has 9 nitrogen and oxygen atoms in total. The highest BCUT2D eigenvalue weighted by Crippen LogP contribution is 2.29. The number of aromatic amines is 2. The fourth-order valence-electron chi connectivity index (χ4n) is 2.86. The van der Waals surface area contributed by atoms with E-state index in [4.69, 9.17) is 12.2 Å². The topological polar surface area (TPSA) is 118 Å². The van der Waals surface area contributed by atoms with Gasteiger partial charge in [0.25, 0.3) is 5.69 Å². The van der Waals surface area contributed by atoms with E-state index < -0.39 is 4.92 Å². The number of nitro groups is 1. The second-order valence-corrected chi connectivity index (χ2v) is 6.03. The first kappa shape index (κ1) is 15.4. The Morgan fingerprint density at radius 3 is 2.80 bits per heavy atom. The Kier molecular flexibility index (Phi) is 3.73. The third-order valence-corrected chi connectivity index (χ3v) is 4.36. The number of nitro benzene ring substituents is 1. The van der Waals surface area contributed by atoms with E-state index in [2.05, 4.69) is 25.5 Å². The number of nitrogens with zero attached hydrogens (tertiary/aromatic N) is 5. The molecule has 0 radical (unpaired) electrons. The lowest BCUT2D eigenvalue weighted by molar-refractivity contribution is -0.384. The van der Waals surface area contributed by atoms with Crippen LogP contribution in [0.25, 0.3) is 11.5 Å². The molecule has 25 heavy (non-hydrogen) atoms. The molecule has 0 saturated carbocycles. The predicted molar refractivity (Wildman–Crippen MR) is 93.1 cm³/mol. The van der Waals surface area contributed by atoms with Crippen LogP contribution in [0, 0.1) is 14.9 Å². The molecule has 0 atom stereocenters. The molecule has 2 aromatic heterocycles. The van der Waals surface area contributed by atoms with Crippen LogP contribution in [0.5, 0.6) is 0 Å². The monoisotopic (exact) mass is 355 g/mol. The smallest absolute Gasteiger partial charge is 0.269 e. The van der Waals surface area contributed by atoms with Crippen LogP contribution in [0.1, 0.15) is 23.2 Å². The van der Waals surface area contributed by atoms with E-state index in [1.165, 1.54) is 16.8 Å². The van der Waals surface area contributed by atoms with Crippen molar-refractivity contribution < 1.29 is 4.92 Å². The number of hydrogen-bond donors (Lipinski definition) is 2. The summed E-state index contributed by atoms with van der Waals surface area (Å²) in [6, 6.07) is 6.10. The van der Waals surface area contributed by atoms with Gasteiger partial charge in [0.05, 0.1) is 11.1 Å². The highest BCUT2D eigenvalue weighted by atomic mass is 32.1. The SMILES string of the molecule is O=[N+]([O-])c1ccc(C=Nn2c(-c3n[nH]c4c3CCC4)n[nH]c2=S)cc1. The van der Waals surface area contributed by atoms with Crippen molar-refractivity contribution in [2.45, 2.75) is 19.3 Å². The average Bonchev–Trinajstić information content (AvgIpc) is 3.29. The van der Waals surface area contributed by atoms with Crippen LogP contribution in [0.4, 0.5) is 5.69 Å². The Morgan fingerprint density at radius 2 is 2.04 bits per heavy atom. The molecular formula is C15H13N7O2S. The van der Waals surface area contributed by atoms with Gasteiger partial charge in [-0.05, 0) is 49.2 Å². The van der Waals surface area contributed by atoms with Gasteiger partial charge in [-0.3, -0.25) is 15.2 Å². The van der Waals surface area contributed by atoms with Gasteiger partial charge in [-0.15, -0.1) is 0 Å². The second-order valence-electron chi connectivity index (χ2n) is 5.64. The summed E-state index contributed by atoms with van der Waals surface area (Å²) in [7, 11) is 0. The molecule has 10 heteroatoms. The first-order chi connectivity index (χ1) is 12.1. The van der Waals surface area contributed by atoms with Crippen molar-refractivity contribution in [3.05, 3.63) is 56.0 Å². The summed E-state index contributed by atoms with van der Waals surface area (Å²) in [4.78, 5) is 10.3. The number of aryl methyl sites for hydroxylation is 1. The van der Waals surface area contributed by atoms with Crippen LogP contribution < -0.4 is 0 Å². The van der Waals surface area contributed by atoms with Crippen LogP contribution in [0.2, 0.25) is 0 Å². The molecule has 0 aliphatic heterocycles. The zero-order chi connectivity index (χ0) is 17.4. The van der Waals surface area contributed by atoms with Crippen molar-refractivity contribution in [1.29, 1.82) is 0 Å². The number of hydrogen-bond acceptors (Lipinski definition) is 6. The van der Waals surface area contributed by atoms with Crippen LogP contribution in [0.15, 0.2) is 29.4 Å². The van der Waals surface area contributed by atoms with E-state index in [-0.39, 0.29) is 5.69 Å². The molecule has 4 rings (SSSR count). The molecule has 0 bridgehead atoms. The van der Waals surface area contributed by atoms with Crippen molar-refractivity contribution in [1.82, 2.24) is 25.1 Å². The van der Waals surface area contributed by atoms with Gasteiger partial charge < -0.3 is 0 Å². The molecule has 3 aromatic rings. The van der Waals surface area contributed by atoms with Gasteiger partial charge in [-0.2, -0.15) is 20.0 Å². The molecule has 0 spiro atoms. The minimum absolute atomic E-state index is 0.0323. The molecule has 2 N–H and O–H groups in total. The molecule has 1 aliphatic carbocycles. The Balaban J connectivity index is 1.68. The molecule has 1 aromatic carbocycles. The maximum atomic E-state index is 10.7. The molecule has 126 valence electrons. The van der Waals surface area contributed by atoms with Gasteiger partial charge in [0, 0.05) is 23.4 Å². The van der Waals surface area contributed by atoms with Crippen LogP contribution in [0.3, 0.4) is 0 Å². The maximum absolute atomic E-state index is 10.7. The zero-order valence-corrected chi connectivity index (χ0v) is 13.8. The lowest BCUT2D eigenvalue weighted by Crippen LogP contribution is -1.97. The van der Waals surface area contributed by atoms with Gasteiger partial charge in [0.2, 0.25) is 10.6 Å². The number of benzene rings is 1.